The van der Waals surface area contributed by atoms with Crippen LogP contribution in [0.25, 0.3) is 0 Å². The van der Waals surface area contributed by atoms with Crippen LogP contribution < -0.4 is 0 Å². The van der Waals surface area contributed by atoms with E-state index in [0.717, 1.165) is 19.3 Å². The summed E-state index contributed by atoms with van der Waals surface area (Å²) in [5, 5.41) is 9.77. The minimum Gasteiger partial charge on any atom is -0.463 e. The number of aliphatic hydroxyl groups excluding tert-OH is 1. The first-order valence-corrected chi connectivity index (χ1v) is 6.53. The van der Waals surface area contributed by atoms with Crippen LogP contribution in [0.1, 0.15) is 32.6 Å². The molecule has 2 heterocycles. The molecule has 4 atom stereocenters. The van der Waals surface area contributed by atoms with Crippen LogP contribution in [0.5, 0.6) is 0 Å². The van der Waals surface area contributed by atoms with Crippen molar-refractivity contribution in [1.82, 2.24) is 0 Å². The molecule has 0 saturated heterocycles. The lowest BCUT2D eigenvalue weighted by Gasteiger charge is -2.28. The van der Waals surface area contributed by atoms with Gasteiger partial charge in [-0.1, -0.05) is 24.3 Å². The first kappa shape index (κ1) is 13.3. The molecule has 0 aliphatic carbocycles. The molecule has 18 heavy (non-hydrogen) atoms. The van der Waals surface area contributed by atoms with Gasteiger partial charge in [0, 0.05) is 0 Å². The van der Waals surface area contributed by atoms with Gasteiger partial charge in [-0.25, -0.2) is 0 Å². The molecular weight excluding hydrogens is 232 g/mol. The standard InChI is InChI=1S/C14H20O4/c1-10-5-3-2-4-6-11-7-8-12(15)13(18-11)9-14(16)17-10/h4,6-8,10-13,15H,2-3,5,9H2,1H3/b6-4-/t10-,11-,12+,13-/m0/s1. The van der Waals surface area contributed by atoms with E-state index in [1.807, 2.05) is 19.1 Å². The summed E-state index contributed by atoms with van der Waals surface area (Å²) < 4.78 is 10.9. The minimum atomic E-state index is -0.736. The van der Waals surface area contributed by atoms with E-state index in [9.17, 15) is 9.90 Å². The second-order valence-electron chi connectivity index (χ2n) is 4.88. The maximum absolute atomic E-state index is 11.7. The number of allylic oxidation sites excluding steroid dienone is 1. The van der Waals surface area contributed by atoms with Gasteiger partial charge in [0.15, 0.2) is 0 Å². The van der Waals surface area contributed by atoms with Crippen molar-refractivity contribution in [2.24, 2.45) is 0 Å². The Morgan fingerprint density at radius 3 is 3.00 bits per heavy atom. The summed E-state index contributed by atoms with van der Waals surface area (Å²) in [6.07, 6.45) is 9.00. The number of carbonyl (C=O) groups excluding carboxylic acids is 1. The van der Waals surface area contributed by atoms with Crippen molar-refractivity contribution in [3.05, 3.63) is 24.3 Å². The van der Waals surface area contributed by atoms with Gasteiger partial charge >= 0.3 is 5.97 Å². The summed E-state index contributed by atoms with van der Waals surface area (Å²) in [6, 6.07) is 0. The van der Waals surface area contributed by atoms with E-state index < -0.39 is 12.2 Å². The summed E-state index contributed by atoms with van der Waals surface area (Å²) in [4.78, 5) is 11.7. The van der Waals surface area contributed by atoms with E-state index in [-0.39, 0.29) is 24.6 Å². The molecule has 4 heteroatoms. The fourth-order valence-corrected chi connectivity index (χ4v) is 2.20. The molecule has 0 amide bonds. The third kappa shape index (κ3) is 3.68. The molecular formula is C14H20O4. The van der Waals surface area contributed by atoms with Gasteiger partial charge in [-0.2, -0.15) is 0 Å². The Hall–Kier alpha value is -1.13. The Morgan fingerprint density at radius 2 is 2.17 bits per heavy atom. The maximum atomic E-state index is 11.7. The van der Waals surface area contributed by atoms with Gasteiger partial charge in [0.25, 0.3) is 0 Å². The van der Waals surface area contributed by atoms with Gasteiger partial charge in [0.2, 0.25) is 0 Å². The zero-order valence-electron chi connectivity index (χ0n) is 10.6. The predicted octanol–water partition coefficient (Wildman–Crippen LogP) is 1.73. The van der Waals surface area contributed by atoms with Crippen LogP contribution in [-0.4, -0.2) is 35.5 Å². The third-order valence-corrected chi connectivity index (χ3v) is 3.22. The molecule has 0 unspecified atom stereocenters. The largest absolute Gasteiger partial charge is 0.463 e. The van der Waals surface area contributed by atoms with Crippen LogP contribution >= 0.6 is 0 Å². The number of esters is 1. The number of cyclic esters (lactones) is 1. The molecule has 0 aromatic heterocycles. The first-order chi connectivity index (χ1) is 8.65. The number of carbonyl (C=O) groups is 1. The number of aliphatic hydroxyl groups is 1. The molecule has 2 aliphatic rings. The van der Waals surface area contributed by atoms with Crippen LogP contribution in [0, 0.1) is 0 Å². The van der Waals surface area contributed by atoms with Gasteiger partial charge in [-0.15, -0.1) is 0 Å². The lowest BCUT2D eigenvalue weighted by atomic mass is 10.0. The Morgan fingerprint density at radius 1 is 1.33 bits per heavy atom. The Bertz CT molecular complexity index is 348. The normalized spacial score (nSPS) is 39.3. The molecule has 100 valence electrons. The van der Waals surface area contributed by atoms with Crippen LogP contribution in [0.3, 0.4) is 0 Å². The third-order valence-electron chi connectivity index (χ3n) is 3.22. The van der Waals surface area contributed by atoms with Crippen molar-refractivity contribution < 1.29 is 19.4 Å². The molecule has 0 aromatic carbocycles. The fraction of sp³-hybridized carbons (Fsp3) is 0.643. The van der Waals surface area contributed by atoms with Crippen molar-refractivity contribution in [2.45, 2.75) is 57.0 Å². The highest BCUT2D eigenvalue weighted by Crippen LogP contribution is 2.19. The number of rotatable bonds is 0. The Kier molecular flexibility index (Phi) is 4.55. The molecule has 0 saturated carbocycles. The van der Waals surface area contributed by atoms with Gasteiger partial charge in [-0.05, 0) is 26.2 Å². The molecule has 2 rings (SSSR count). The molecule has 0 aromatic rings. The molecule has 0 radical (unpaired) electrons. The summed E-state index contributed by atoms with van der Waals surface area (Å²) in [5.74, 6) is -0.301. The minimum absolute atomic E-state index is 0.0719. The van der Waals surface area contributed by atoms with Crippen molar-refractivity contribution in [3.63, 3.8) is 0 Å². The summed E-state index contributed by atoms with van der Waals surface area (Å²) in [7, 11) is 0. The van der Waals surface area contributed by atoms with Crippen molar-refractivity contribution in [1.29, 1.82) is 0 Å². The van der Waals surface area contributed by atoms with Crippen molar-refractivity contribution in [2.75, 3.05) is 0 Å². The summed E-state index contributed by atoms with van der Waals surface area (Å²) in [5.41, 5.74) is 0. The number of hydrogen-bond donors (Lipinski definition) is 1. The van der Waals surface area contributed by atoms with E-state index in [2.05, 4.69) is 6.08 Å². The van der Waals surface area contributed by atoms with Gasteiger partial charge in [-0.3, -0.25) is 4.79 Å². The molecule has 0 spiro atoms. The van der Waals surface area contributed by atoms with Crippen molar-refractivity contribution >= 4 is 5.97 Å². The number of fused-ring (bicyclic) bond motifs is 2. The number of hydrogen-bond acceptors (Lipinski definition) is 4. The molecule has 4 nitrogen and oxygen atoms in total. The van der Waals surface area contributed by atoms with E-state index in [4.69, 9.17) is 9.47 Å². The maximum Gasteiger partial charge on any atom is 0.308 e. The van der Waals surface area contributed by atoms with E-state index in [0.29, 0.717) is 0 Å². The second kappa shape index (κ2) is 6.16. The molecule has 2 aliphatic heterocycles. The van der Waals surface area contributed by atoms with Crippen molar-refractivity contribution in [3.8, 4) is 0 Å². The first-order valence-electron chi connectivity index (χ1n) is 6.53. The lowest BCUT2D eigenvalue weighted by molar-refractivity contribution is -0.154. The quantitative estimate of drug-likeness (QED) is 0.527. The van der Waals surface area contributed by atoms with Crippen LogP contribution in [0.4, 0.5) is 0 Å². The van der Waals surface area contributed by atoms with Gasteiger partial charge < -0.3 is 14.6 Å². The zero-order valence-corrected chi connectivity index (χ0v) is 10.6. The average molecular weight is 252 g/mol. The average Bonchev–Trinajstić information content (AvgIpc) is 2.31. The monoisotopic (exact) mass is 252 g/mol. The summed E-state index contributed by atoms with van der Waals surface area (Å²) in [6.45, 7) is 1.90. The highest BCUT2D eigenvalue weighted by Gasteiger charge is 2.28. The zero-order chi connectivity index (χ0) is 13.0. The number of ether oxygens (including phenoxy) is 2. The highest BCUT2D eigenvalue weighted by molar-refractivity contribution is 5.70. The van der Waals surface area contributed by atoms with E-state index >= 15 is 0 Å². The fourth-order valence-electron chi connectivity index (χ4n) is 2.20. The molecule has 1 N–H and O–H groups in total. The van der Waals surface area contributed by atoms with Crippen LogP contribution in [0.15, 0.2) is 24.3 Å². The smallest absolute Gasteiger partial charge is 0.308 e. The Balaban J connectivity index is 2.08. The van der Waals surface area contributed by atoms with Crippen LogP contribution in [0.2, 0.25) is 0 Å². The summed E-state index contributed by atoms with van der Waals surface area (Å²) >= 11 is 0. The predicted molar refractivity (Wildman–Crippen MR) is 67.0 cm³/mol. The SMILES string of the molecule is C[C@H]1CCC/C=C\[C@H]2C=C[C@@H](O)[C@H](CC(=O)O1)O2. The van der Waals surface area contributed by atoms with Gasteiger partial charge in [0.1, 0.15) is 0 Å². The topological polar surface area (TPSA) is 55.8 Å². The second-order valence-corrected chi connectivity index (χ2v) is 4.88. The van der Waals surface area contributed by atoms with E-state index in [1.165, 1.54) is 0 Å². The molecule has 0 fully saturated rings. The van der Waals surface area contributed by atoms with E-state index in [1.54, 1.807) is 6.08 Å². The highest BCUT2D eigenvalue weighted by atomic mass is 16.5. The van der Waals surface area contributed by atoms with Gasteiger partial charge in [0.05, 0.1) is 30.8 Å². The van der Waals surface area contributed by atoms with Crippen LogP contribution in [-0.2, 0) is 14.3 Å². The lowest BCUT2D eigenvalue weighted by Crippen LogP contribution is -2.37. The molecule has 2 bridgehead atoms. The Labute approximate surface area is 107 Å².